The van der Waals surface area contributed by atoms with Crippen LogP contribution < -0.4 is 0 Å². The number of alkyl halides is 3. The van der Waals surface area contributed by atoms with E-state index in [-0.39, 0.29) is 12.0 Å². The van der Waals surface area contributed by atoms with Crippen LogP contribution in [0.15, 0.2) is 42.6 Å². The highest BCUT2D eigenvalue weighted by Gasteiger charge is 2.34. The van der Waals surface area contributed by atoms with E-state index in [0.717, 1.165) is 6.07 Å². The van der Waals surface area contributed by atoms with Gasteiger partial charge in [-0.3, -0.25) is 4.98 Å². The maximum atomic E-state index is 13.4. The minimum Gasteiger partial charge on any atom is -0.388 e. The molecule has 2 rings (SSSR count). The maximum Gasteiger partial charge on any atom is 0.419 e. The van der Waals surface area contributed by atoms with Gasteiger partial charge in [0.1, 0.15) is 5.82 Å². The molecule has 0 aliphatic carbocycles. The Morgan fingerprint density at radius 1 is 1.15 bits per heavy atom. The van der Waals surface area contributed by atoms with E-state index in [0.29, 0.717) is 17.8 Å². The van der Waals surface area contributed by atoms with Crippen LogP contribution >= 0.6 is 0 Å². The number of benzene rings is 1. The highest BCUT2D eigenvalue weighted by Crippen LogP contribution is 2.32. The molecule has 2 nitrogen and oxygen atoms in total. The van der Waals surface area contributed by atoms with Gasteiger partial charge in [-0.05, 0) is 29.8 Å². The highest BCUT2D eigenvalue weighted by molar-refractivity contribution is 5.28. The van der Waals surface area contributed by atoms with Crippen molar-refractivity contribution < 1.29 is 22.7 Å². The van der Waals surface area contributed by atoms with Crippen molar-refractivity contribution in [3.05, 3.63) is 65.2 Å². The second-order valence-electron chi connectivity index (χ2n) is 4.28. The molecule has 0 bridgehead atoms. The van der Waals surface area contributed by atoms with Crippen LogP contribution in [0.1, 0.15) is 22.9 Å². The summed E-state index contributed by atoms with van der Waals surface area (Å²) in [5, 5.41) is 9.90. The zero-order valence-corrected chi connectivity index (χ0v) is 10.2. The normalized spacial score (nSPS) is 13.2. The molecule has 1 aromatic heterocycles. The predicted octanol–water partition coefficient (Wildman–Crippen LogP) is 3.52. The van der Waals surface area contributed by atoms with Crippen molar-refractivity contribution in [3.63, 3.8) is 0 Å². The van der Waals surface area contributed by atoms with Crippen LogP contribution in [0.25, 0.3) is 0 Å². The summed E-state index contributed by atoms with van der Waals surface area (Å²) in [6.45, 7) is 0. The molecule has 2 aromatic rings. The predicted molar refractivity (Wildman–Crippen MR) is 64.3 cm³/mol. The Hall–Kier alpha value is -1.95. The molecule has 0 aliphatic rings. The Labute approximate surface area is 112 Å². The van der Waals surface area contributed by atoms with Crippen molar-refractivity contribution in [2.75, 3.05) is 0 Å². The first-order valence-corrected chi connectivity index (χ1v) is 5.82. The Bertz CT molecular complexity index is 583. The van der Waals surface area contributed by atoms with Gasteiger partial charge in [-0.25, -0.2) is 4.39 Å². The second-order valence-corrected chi connectivity index (χ2v) is 4.28. The highest BCUT2D eigenvalue weighted by atomic mass is 19.4. The lowest BCUT2D eigenvalue weighted by Gasteiger charge is -2.13. The monoisotopic (exact) mass is 285 g/mol. The first kappa shape index (κ1) is 14.5. The fourth-order valence-electron chi connectivity index (χ4n) is 1.80. The van der Waals surface area contributed by atoms with Crippen molar-refractivity contribution in [1.82, 2.24) is 4.98 Å². The molecule has 0 saturated carbocycles. The van der Waals surface area contributed by atoms with Gasteiger partial charge in [-0.1, -0.05) is 12.1 Å². The number of rotatable bonds is 3. The lowest BCUT2D eigenvalue weighted by molar-refractivity contribution is -0.140. The van der Waals surface area contributed by atoms with Crippen LogP contribution in [-0.4, -0.2) is 10.1 Å². The quantitative estimate of drug-likeness (QED) is 0.875. The number of aromatic nitrogens is 1. The van der Waals surface area contributed by atoms with Gasteiger partial charge >= 0.3 is 6.18 Å². The molecule has 6 heteroatoms. The fourth-order valence-corrected chi connectivity index (χ4v) is 1.80. The lowest BCUT2D eigenvalue weighted by Crippen LogP contribution is -2.10. The van der Waals surface area contributed by atoms with Gasteiger partial charge in [0.05, 0.1) is 11.7 Å². The van der Waals surface area contributed by atoms with Crippen molar-refractivity contribution >= 4 is 0 Å². The second kappa shape index (κ2) is 5.58. The Morgan fingerprint density at radius 3 is 2.45 bits per heavy atom. The van der Waals surface area contributed by atoms with Crippen LogP contribution in [-0.2, 0) is 12.6 Å². The van der Waals surface area contributed by atoms with Crippen LogP contribution in [0, 0.1) is 5.82 Å². The van der Waals surface area contributed by atoms with Crippen LogP contribution in [0.5, 0.6) is 0 Å². The summed E-state index contributed by atoms with van der Waals surface area (Å²) in [7, 11) is 0. The molecule has 0 fully saturated rings. The number of hydrogen-bond donors (Lipinski definition) is 1. The van der Waals surface area contributed by atoms with Crippen LogP contribution in [0.3, 0.4) is 0 Å². The molecule has 1 unspecified atom stereocenters. The molecule has 1 atom stereocenters. The third kappa shape index (κ3) is 3.33. The zero-order valence-electron chi connectivity index (χ0n) is 10.2. The third-order valence-electron chi connectivity index (χ3n) is 2.81. The lowest BCUT2D eigenvalue weighted by atomic mass is 10.0. The van der Waals surface area contributed by atoms with Crippen molar-refractivity contribution in [1.29, 1.82) is 0 Å². The van der Waals surface area contributed by atoms with Gasteiger partial charge in [0.15, 0.2) is 0 Å². The molecular formula is C14H11F4NO. The smallest absolute Gasteiger partial charge is 0.388 e. The molecule has 1 heterocycles. The van der Waals surface area contributed by atoms with E-state index in [1.165, 1.54) is 6.20 Å². The number of hydrogen-bond acceptors (Lipinski definition) is 2. The number of halogens is 4. The van der Waals surface area contributed by atoms with Gasteiger partial charge in [-0.15, -0.1) is 0 Å². The summed E-state index contributed by atoms with van der Waals surface area (Å²) in [6, 6.07) is 7.50. The Morgan fingerprint density at radius 2 is 1.90 bits per heavy atom. The van der Waals surface area contributed by atoms with Crippen molar-refractivity contribution in [2.45, 2.75) is 18.7 Å². The van der Waals surface area contributed by atoms with Gasteiger partial charge in [0.2, 0.25) is 0 Å². The fraction of sp³-hybridized carbons (Fsp3) is 0.214. The van der Waals surface area contributed by atoms with Gasteiger partial charge in [0, 0.05) is 18.3 Å². The summed E-state index contributed by atoms with van der Waals surface area (Å²) >= 11 is 0. The summed E-state index contributed by atoms with van der Waals surface area (Å²) < 4.78 is 50.6. The van der Waals surface area contributed by atoms with E-state index in [1.807, 2.05) is 0 Å². The number of pyridine rings is 1. The molecule has 0 amide bonds. The van der Waals surface area contributed by atoms with E-state index < -0.39 is 23.7 Å². The van der Waals surface area contributed by atoms with Gasteiger partial charge < -0.3 is 5.11 Å². The van der Waals surface area contributed by atoms with Crippen LogP contribution in [0.4, 0.5) is 17.6 Å². The summed E-state index contributed by atoms with van der Waals surface area (Å²) in [6.07, 6.45) is -4.21. The van der Waals surface area contributed by atoms with E-state index in [1.54, 1.807) is 18.2 Å². The molecule has 0 radical (unpaired) electrons. The molecule has 1 N–H and O–H groups in total. The number of aliphatic hydroxyl groups is 1. The van der Waals surface area contributed by atoms with Crippen LogP contribution in [0.2, 0.25) is 0 Å². The number of aliphatic hydroxyl groups excluding tert-OH is 1. The average Bonchev–Trinajstić information content (AvgIpc) is 2.38. The summed E-state index contributed by atoms with van der Waals surface area (Å²) in [4.78, 5) is 3.99. The largest absolute Gasteiger partial charge is 0.419 e. The molecule has 0 saturated heterocycles. The van der Waals surface area contributed by atoms with E-state index in [4.69, 9.17) is 0 Å². The molecule has 0 spiro atoms. The zero-order chi connectivity index (χ0) is 14.8. The summed E-state index contributed by atoms with van der Waals surface area (Å²) in [5.74, 6) is -1.39. The van der Waals surface area contributed by atoms with E-state index >= 15 is 0 Å². The van der Waals surface area contributed by atoms with E-state index in [2.05, 4.69) is 4.98 Å². The van der Waals surface area contributed by atoms with Crippen molar-refractivity contribution in [3.8, 4) is 0 Å². The maximum absolute atomic E-state index is 13.4. The number of nitrogens with zero attached hydrogens (tertiary/aromatic N) is 1. The SMILES string of the molecule is OC(Cc1ccccn1)c1ccc(C(F)(F)F)c(F)c1. The topological polar surface area (TPSA) is 33.1 Å². The molecule has 106 valence electrons. The first-order chi connectivity index (χ1) is 9.38. The van der Waals surface area contributed by atoms with Gasteiger partial charge in [-0.2, -0.15) is 13.2 Å². The molecule has 0 aliphatic heterocycles. The third-order valence-corrected chi connectivity index (χ3v) is 2.81. The minimum atomic E-state index is -4.74. The average molecular weight is 285 g/mol. The van der Waals surface area contributed by atoms with Gasteiger partial charge in [0.25, 0.3) is 0 Å². The standard InChI is InChI=1S/C14H11F4NO/c15-12-7-9(4-5-11(12)14(16,17)18)13(20)8-10-3-1-2-6-19-10/h1-7,13,20H,8H2. The van der Waals surface area contributed by atoms with Crippen molar-refractivity contribution in [2.24, 2.45) is 0 Å². The molecule has 20 heavy (non-hydrogen) atoms. The van der Waals surface area contributed by atoms with E-state index in [9.17, 15) is 22.7 Å². The first-order valence-electron chi connectivity index (χ1n) is 5.82. The summed E-state index contributed by atoms with van der Waals surface area (Å²) in [5.41, 5.74) is -0.687. The molecule has 1 aromatic carbocycles. The Kier molecular flexibility index (Phi) is 4.04. The Balaban J connectivity index is 2.19. The molecular weight excluding hydrogens is 274 g/mol. The minimum absolute atomic E-state index is 0.0844.